The van der Waals surface area contributed by atoms with Crippen LogP contribution in [-0.2, 0) is 9.59 Å². The van der Waals surface area contributed by atoms with Gasteiger partial charge in [0, 0.05) is 24.4 Å². The predicted octanol–water partition coefficient (Wildman–Crippen LogP) is 2.54. The molecule has 0 aromatic rings. The predicted molar refractivity (Wildman–Crippen MR) is 112 cm³/mol. The lowest BCUT2D eigenvalue weighted by molar-refractivity contribution is -0.146. The third kappa shape index (κ3) is 4.61. The minimum Gasteiger partial charge on any atom is -0.359 e. The molecule has 5 saturated carbocycles. The monoisotopic (exact) mass is 406 g/mol. The van der Waals surface area contributed by atoms with E-state index in [4.69, 9.17) is 12.2 Å². The molecule has 0 aromatic carbocycles. The summed E-state index contributed by atoms with van der Waals surface area (Å²) in [4.78, 5) is 24.8. The molecule has 6 nitrogen and oxygen atoms in total. The van der Waals surface area contributed by atoms with Crippen LogP contribution in [0.15, 0.2) is 0 Å². The van der Waals surface area contributed by atoms with Gasteiger partial charge in [-0.15, -0.1) is 0 Å². The van der Waals surface area contributed by atoms with Gasteiger partial charge in [0.2, 0.25) is 11.8 Å². The first kappa shape index (κ1) is 19.9. The summed E-state index contributed by atoms with van der Waals surface area (Å²) in [5, 5.41) is 6.84. The van der Waals surface area contributed by atoms with Gasteiger partial charge < -0.3 is 10.6 Å². The van der Waals surface area contributed by atoms with Crippen molar-refractivity contribution in [2.75, 3.05) is 6.54 Å². The first-order valence-electron chi connectivity index (χ1n) is 11.2. The number of rotatable bonds is 6. The van der Waals surface area contributed by atoms with Crippen LogP contribution in [0, 0.1) is 23.2 Å². The van der Waals surface area contributed by atoms with Gasteiger partial charge in [0.15, 0.2) is 5.11 Å². The molecule has 7 heteroatoms. The van der Waals surface area contributed by atoms with Crippen LogP contribution >= 0.6 is 12.2 Å². The molecule has 0 unspecified atom stereocenters. The zero-order valence-corrected chi connectivity index (χ0v) is 17.5. The number of carbonyl (C=O) groups is 2. The Kier molecular flexibility index (Phi) is 6.09. The lowest BCUT2D eigenvalue weighted by Crippen LogP contribution is -2.53. The molecule has 0 atom stereocenters. The number of hydrazine groups is 1. The summed E-state index contributed by atoms with van der Waals surface area (Å²) >= 11 is 5.21. The topological polar surface area (TPSA) is 82.3 Å². The van der Waals surface area contributed by atoms with E-state index in [-0.39, 0.29) is 17.2 Å². The summed E-state index contributed by atoms with van der Waals surface area (Å²) in [7, 11) is 0. The van der Waals surface area contributed by atoms with E-state index in [0.717, 1.165) is 49.9 Å². The summed E-state index contributed by atoms with van der Waals surface area (Å²) < 4.78 is 0. The number of hydrogen-bond donors (Lipinski definition) is 4. The Bertz CT molecular complexity index is 582. The van der Waals surface area contributed by atoms with Crippen molar-refractivity contribution in [3.05, 3.63) is 0 Å². The second kappa shape index (κ2) is 8.56. The maximum Gasteiger partial charge on any atom is 0.238 e. The van der Waals surface area contributed by atoms with E-state index >= 15 is 0 Å². The van der Waals surface area contributed by atoms with Gasteiger partial charge in [0.25, 0.3) is 0 Å². The van der Waals surface area contributed by atoms with Crippen LogP contribution in [0.4, 0.5) is 0 Å². The van der Waals surface area contributed by atoms with Crippen molar-refractivity contribution in [3.8, 4) is 0 Å². The Labute approximate surface area is 173 Å². The Balaban J connectivity index is 1.11. The van der Waals surface area contributed by atoms with Crippen LogP contribution in [0.2, 0.25) is 0 Å². The number of nitrogens with one attached hydrogen (secondary N) is 4. The summed E-state index contributed by atoms with van der Waals surface area (Å²) in [6.45, 7) is 0.568. The lowest BCUT2D eigenvalue weighted by Gasteiger charge is -2.55. The molecule has 0 radical (unpaired) electrons. The molecule has 0 aromatic heterocycles. The van der Waals surface area contributed by atoms with Crippen LogP contribution in [-0.4, -0.2) is 29.5 Å². The molecule has 4 N–H and O–H groups in total. The average molecular weight is 407 g/mol. The van der Waals surface area contributed by atoms with E-state index in [1.165, 1.54) is 32.1 Å². The fraction of sp³-hybridized carbons (Fsp3) is 0.857. The Morgan fingerprint density at radius 2 is 1.54 bits per heavy atom. The highest BCUT2D eigenvalue weighted by Gasteiger charge is 2.54. The van der Waals surface area contributed by atoms with Crippen LogP contribution in [0.25, 0.3) is 0 Å². The van der Waals surface area contributed by atoms with Crippen LogP contribution < -0.4 is 21.5 Å². The minimum atomic E-state index is -0.101. The van der Waals surface area contributed by atoms with Gasteiger partial charge in [0.1, 0.15) is 0 Å². The summed E-state index contributed by atoms with van der Waals surface area (Å²) in [5.41, 5.74) is 5.33. The SMILES string of the molecule is O=C(CCCNC(=O)C12CC3CC(CC(C3)C1)C2)NNC(=S)NC1CCCC1. The fourth-order valence-electron chi connectivity index (χ4n) is 6.51. The van der Waals surface area contributed by atoms with Crippen molar-refractivity contribution in [1.29, 1.82) is 0 Å². The molecule has 5 aliphatic carbocycles. The van der Waals surface area contributed by atoms with Gasteiger partial charge >= 0.3 is 0 Å². The third-order valence-corrected chi connectivity index (χ3v) is 7.61. The summed E-state index contributed by atoms with van der Waals surface area (Å²) in [5.74, 6) is 2.47. The van der Waals surface area contributed by atoms with Crippen molar-refractivity contribution in [3.63, 3.8) is 0 Å². The van der Waals surface area contributed by atoms with Gasteiger partial charge in [-0.25, -0.2) is 0 Å². The summed E-state index contributed by atoms with van der Waals surface area (Å²) in [6.07, 6.45) is 13.1. The van der Waals surface area contributed by atoms with E-state index < -0.39 is 0 Å². The van der Waals surface area contributed by atoms with Gasteiger partial charge in [-0.1, -0.05) is 12.8 Å². The molecular weight excluding hydrogens is 372 g/mol. The first-order chi connectivity index (χ1) is 13.5. The van der Waals surface area contributed by atoms with Gasteiger partial charge in [-0.05, 0) is 87.8 Å². The van der Waals surface area contributed by atoms with Crippen LogP contribution in [0.5, 0.6) is 0 Å². The van der Waals surface area contributed by atoms with E-state index in [2.05, 4.69) is 21.5 Å². The van der Waals surface area contributed by atoms with Crippen molar-refractivity contribution in [1.82, 2.24) is 21.5 Å². The van der Waals surface area contributed by atoms with E-state index in [1.807, 2.05) is 0 Å². The van der Waals surface area contributed by atoms with Crippen molar-refractivity contribution in [2.45, 2.75) is 83.1 Å². The molecule has 5 rings (SSSR count). The lowest BCUT2D eigenvalue weighted by atomic mass is 9.49. The highest BCUT2D eigenvalue weighted by molar-refractivity contribution is 7.80. The molecule has 2 amide bonds. The number of hydrogen-bond acceptors (Lipinski definition) is 3. The molecule has 28 heavy (non-hydrogen) atoms. The Morgan fingerprint density at radius 3 is 2.14 bits per heavy atom. The highest BCUT2D eigenvalue weighted by Crippen LogP contribution is 2.60. The molecule has 4 bridgehead atoms. The summed E-state index contributed by atoms with van der Waals surface area (Å²) in [6, 6.07) is 0.427. The van der Waals surface area contributed by atoms with Crippen molar-refractivity contribution < 1.29 is 9.59 Å². The van der Waals surface area contributed by atoms with Gasteiger partial charge in [-0.2, -0.15) is 0 Å². The van der Waals surface area contributed by atoms with Crippen molar-refractivity contribution in [2.24, 2.45) is 23.2 Å². The third-order valence-electron chi connectivity index (χ3n) is 7.39. The Morgan fingerprint density at radius 1 is 0.929 bits per heavy atom. The fourth-order valence-corrected chi connectivity index (χ4v) is 6.73. The first-order valence-corrected chi connectivity index (χ1v) is 11.6. The Hall–Kier alpha value is -1.37. The number of amides is 2. The van der Waals surface area contributed by atoms with E-state index in [0.29, 0.717) is 30.5 Å². The number of thiocarbonyl (C=S) groups is 1. The molecule has 0 heterocycles. The van der Waals surface area contributed by atoms with Crippen LogP contribution in [0.1, 0.15) is 77.0 Å². The zero-order chi connectivity index (χ0) is 19.6. The molecular formula is C21H34N4O2S. The maximum atomic E-state index is 12.9. The number of carbonyl (C=O) groups excluding carboxylic acids is 2. The quantitative estimate of drug-likeness (QED) is 0.310. The largest absolute Gasteiger partial charge is 0.359 e. The van der Waals surface area contributed by atoms with Gasteiger partial charge in [0.05, 0.1) is 0 Å². The second-order valence-corrected chi connectivity index (χ2v) is 10.1. The standard InChI is InChI=1S/C21H34N4O2S/c26-18(24-25-20(28)23-17-4-1-2-5-17)6-3-7-22-19(27)21-11-14-8-15(12-21)10-16(9-14)13-21/h14-17H,1-13H2,(H,22,27)(H,24,26)(H2,23,25,28). The average Bonchev–Trinajstić information content (AvgIpc) is 3.15. The second-order valence-electron chi connectivity index (χ2n) is 9.69. The van der Waals surface area contributed by atoms with Crippen molar-refractivity contribution >= 4 is 29.1 Å². The molecule has 0 spiro atoms. The molecule has 0 aliphatic heterocycles. The minimum absolute atomic E-state index is 0.0976. The zero-order valence-electron chi connectivity index (χ0n) is 16.7. The molecule has 5 aliphatic rings. The molecule has 0 saturated heterocycles. The smallest absolute Gasteiger partial charge is 0.238 e. The van der Waals surface area contributed by atoms with Crippen LogP contribution in [0.3, 0.4) is 0 Å². The molecule has 5 fully saturated rings. The van der Waals surface area contributed by atoms with E-state index in [1.54, 1.807) is 0 Å². The normalized spacial score (nSPS) is 33.5. The molecule has 156 valence electrons. The maximum absolute atomic E-state index is 12.9. The highest BCUT2D eigenvalue weighted by atomic mass is 32.1. The van der Waals surface area contributed by atoms with Gasteiger partial charge in [-0.3, -0.25) is 20.4 Å². The van der Waals surface area contributed by atoms with E-state index in [9.17, 15) is 9.59 Å².